The lowest BCUT2D eigenvalue weighted by atomic mass is 9.96. The Labute approximate surface area is 165 Å². The lowest BCUT2D eigenvalue weighted by molar-refractivity contribution is -0.0441. The van der Waals surface area contributed by atoms with Gasteiger partial charge in [0.15, 0.2) is 6.29 Å². The van der Waals surface area contributed by atoms with E-state index in [0.29, 0.717) is 13.2 Å². The number of aryl methyl sites for hydroxylation is 1. The topological polar surface area (TPSA) is 21.7 Å². The third-order valence-electron chi connectivity index (χ3n) is 5.33. The molecule has 1 aliphatic heterocycles. The molecule has 28 heavy (non-hydrogen) atoms. The molecule has 0 aromatic heterocycles. The maximum Gasteiger partial charge on any atom is 0.184 e. The highest BCUT2D eigenvalue weighted by molar-refractivity contribution is 5.78. The van der Waals surface area contributed by atoms with Crippen LogP contribution in [0.25, 0.3) is 6.08 Å². The van der Waals surface area contributed by atoms with Gasteiger partial charge in [0.1, 0.15) is 0 Å². The van der Waals surface area contributed by atoms with Crippen molar-refractivity contribution in [3.8, 4) is 0 Å². The van der Waals surface area contributed by atoms with Gasteiger partial charge in [0.25, 0.3) is 0 Å². The van der Waals surface area contributed by atoms with Gasteiger partial charge in [-0.3, -0.25) is 0 Å². The Hall–Kier alpha value is -2.88. The molecule has 140 valence electrons. The highest BCUT2D eigenvalue weighted by Gasteiger charge is 2.19. The fourth-order valence-corrected chi connectivity index (χ4v) is 3.91. The first-order chi connectivity index (χ1) is 13.9. The van der Waals surface area contributed by atoms with Crippen LogP contribution in [0.5, 0.6) is 0 Å². The average Bonchev–Trinajstić information content (AvgIpc) is 3.30. The number of benzene rings is 3. The summed E-state index contributed by atoms with van der Waals surface area (Å²) in [6.07, 6.45) is 6.50. The highest BCUT2D eigenvalue weighted by atomic mass is 16.7. The van der Waals surface area contributed by atoms with Gasteiger partial charge in [0.2, 0.25) is 0 Å². The van der Waals surface area contributed by atoms with Crippen LogP contribution in [0.4, 0.5) is 17.1 Å². The fraction of sp³-hybridized carbons (Fsp3) is 0.200. The van der Waals surface area contributed by atoms with E-state index in [-0.39, 0.29) is 6.29 Å². The Bertz CT molecular complexity index is 973. The smallest absolute Gasteiger partial charge is 0.184 e. The van der Waals surface area contributed by atoms with Crippen LogP contribution < -0.4 is 4.90 Å². The molecular weight excluding hydrogens is 346 g/mol. The minimum absolute atomic E-state index is 0.242. The summed E-state index contributed by atoms with van der Waals surface area (Å²) >= 11 is 0. The Morgan fingerprint density at radius 2 is 1.46 bits per heavy atom. The Balaban J connectivity index is 1.55. The van der Waals surface area contributed by atoms with E-state index in [9.17, 15) is 0 Å². The van der Waals surface area contributed by atoms with Gasteiger partial charge >= 0.3 is 0 Å². The molecule has 1 aliphatic carbocycles. The van der Waals surface area contributed by atoms with Crippen LogP contribution in [0.15, 0.2) is 78.9 Å². The number of nitrogens with zero attached hydrogens (tertiary/aromatic N) is 1. The summed E-state index contributed by atoms with van der Waals surface area (Å²) in [5.74, 6) is 0. The number of ether oxygens (including phenoxy) is 2. The minimum Gasteiger partial charge on any atom is -0.346 e. The molecule has 0 N–H and O–H groups in total. The van der Waals surface area contributed by atoms with Crippen molar-refractivity contribution >= 4 is 23.1 Å². The van der Waals surface area contributed by atoms with E-state index in [1.165, 1.54) is 11.1 Å². The summed E-state index contributed by atoms with van der Waals surface area (Å²) in [6.45, 7) is 1.32. The van der Waals surface area contributed by atoms with Crippen molar-refractivity contribution in [2.75, 3.05) is 18.1 Å². The number of para-hydroxylation sites is 1. The molecule has 2 aliphatic rings. The van der Waals surface area contributed by atoms with Crippen molar-refractivity contribution in [3.63, 3.8) is 0 Å². The van der Waals surface area contributed by atoms with Crippen LogP contribution in [0.1, 0.15) is 29.4 Å². The molecule has 0 atom stereocenters. The van der Waals surface area contributed by atoms with Crippen molar-refractivity contribution in [2.24, 2.45) is 0 Å². The van der Waals surface area contributed by atoms with Gasteiger partial charge in [0.05, 0.1) is 13.2 Å². The molecule has 0 saturated carbocycles. The van der Waals surface area contributed by atoms with E-state index < -0.39 is 0 Å². The maximum absolute atomic E-state index is 5.63. The Morgan fingerprint density at radius 1 is 0.750 bits per heavy atom. The van der Waals surface area contributed by atoms with Crippen LogP contribution in [-0.2, 0) is 15.9 Å². The summed E-state index contributed by atoms with van der Waals surface area (Å²) in [5.41, 5.74) is 7.22. The quantitative estimate of drug-likeness (QED) is 0.550. The third-order valence-corrected chi connectivity index (χ3v) is 5.33. The molecule has 5 rings (SSSR count). The zero-order valence-electron chi connectivity index (χ0n) is 15.8. The number of hydrogen-bond donors (Lipinski definition) is 0. The van der Waals surface area contributed by atoms with Gasteiger partial charge in [0, 0.05) is 22.6 Å². The van der Waals surface area contributed by atoms with Crippen molar-refractivity contribution in [1.29, 1.82) is 0 Å². The summed E-state index contributed by atoms with van der Waals surface area (Å²) in [5, 5.41) is 0. The summed E-state index contributed by atoms with van der Waals surface area (Å²) in [7, 11) is 0. The minimum atomic E-state index is -0.242. The molecule has 3 aromatic rings. The van der Waals surface area contributed by atoms with Gasteiger partial charge in [-0.2, -0.15) is 0 Å². The van der Waals surface area contributed by atoms with Crippen LogP contribution in [0, 0.1) is 0 Å². The van der Waals surface area contributed by atoms with E-state index in [4.69, 9.17) is 9.47 Å². The van der Waals surface area contributed by atoms with E-state index in [1.54, 1.807) is 0 Å². The SMILES string of the molecule is C1=Cc2cc(N(c3ccccc3)c3ccc(C4OCCO4)cc3)ccc2CC1. The molecule has 0 bridgehead atoms. The molecule has 0 unspecified atom stereocenters. The van der Waals surface area contributed by atoms with Crippen LogP contribution >= 0.6 is 0 Å². The number of rotatable bonds is 4. The zero-order valence-corrected chi connectivity index (χ0v) is 15.8. The number of anilines is 3. The molecule has 3 aromatic carbocycles. The molecule has 1 fully saturated rings. The van der Waals surface area contributed by atoms with Crippen molar-refractivity contribution in [1.82, 2.24) is 0 Å². The molecular formula is C25H23NO2. The van der Waals surface area contributed by atoms with Gasteiger partial charge in [-0.25, -0.2) is 0 Å². The molecule has 3 heteroatoms. The summed E-state index contributed by atoms with van der Waals surface area (Å²) in [4.78, 5) is 2.29. The van der Waals surface area contributed by atoms with E-state index in [1.807, 2.05) is 0 Å². The zero-order chi connectivity index (χ0) is 18.8. The first kappa shape index (κ1) is 17.2. The maximum atomic E-state index is 5.63. The second-order valence-electron chi connectivity index (χ2n) is 7.16. The molecule has 0 amide bonds. The van der Waals surface area contributed by atoms with Crippen molar-refractivity contribution < 1.29 is 9.47 Å². The fourth-order valence-electron chi connectivity index (χ4n) is 3.91. The van der Waals surface area contributed by atoms with E-state index in [0.717, 1.165) is 35.5 Å². The third kappa shape index (κ3) is 3.35. The second kappa shape index (κ2) is 7.63. The normalized spacial score (nSPS) is 16.1. The molecule has 0 radical (unpaired) electrons. The van der Waals surface area contributed by atoms with Crippen LogP contribution in [-0.4, -0.2) is 13.2 Å². The van der Waals surface area contributed by atoms with Gasteiger partial charge in [-0.15, -0.1) is 0 Å². The lowest BCUT2D eigenvalue weighted by Gasteiger charge is -2.27. The first-order valence-electron chi connectivity index (χ1n) is 9.86. The number of hydrogen-bond acceptors (Lipinski definition) is 3. The van der Waals surface area contributed by atoms with E-state index >= 15 is 0 Å². The Kier molecular flexibility index (Phi) is 4.69. The van der Waals surface area contributed by atoms with Gasteiger partial charge in [-0.1, -0.05) is 48.6 Å². The molecule has 3 nitrogen and oxygen atoms in total. The van der Waals surface area contributed by atoms with E-state index in [2.05, 4.69) is 89.8 Å². The number of allylic oxidation sites excluding steroid dienone is 1. The largest absolute Gasteiger partial charge is 0.346 e. The predicted octanol–water partition coefficient (Wildman–Crippen LogP) is 6.16. The van der Waals surface area contributed by atoms with Gasteiger partial charge in [-0.05, 0) is 60.4 Å². The van der Waals surface area contributed by atoms with Crippen LogP contribution in [0.2, 0.25) is 0 Å². The standard InChI is InChI=1S/C25H23NO2/c1-2-8-22(9-3-1)26(24-15-10-19-6-4-5-7-21(19)18-24)23-13-11-20(12-14-23)25-27-16-17-28-25/h1-3,5,7-15,18,25H,4,6,16-17H2. The highest BCUT2D eigenvalue weighted by Crippen LogP contribution is 2.37. The first-order valence-corrected chi connectivity index (χ1v) is 9.86. The lowest BCUT2D eigenvalue weighted by Crippen LogP contribution is -2.11. The van der Waals surface area contributed by atoms with Crippen LogP contribution in [0.3, 0.4) is 0 Å². The Morgan fingerprint density at radius 3 is 2.25 bits per heavy atom. The summed E-state index contributed by atoms with van der Waals surface area (Å²) < 4.78 is 11.3. The summed E-state index contributed by atoms with van der Waals surface area (Å²) in [6, 6.07) is 25.7. The van der Waals surface area contributed by atoms with Crippen molar-refractivity contribution in [2.45, 2.75) is 19.1 Å². The van der Waals surface area contributed by atoms with Crippen molar-refractivity contribution in [3.05, 3.63) is 95.6 Å². The molecule has 0 spiro atoms. The average molecular weight is 369 g/mol. The monoisotopic (exact) mass is 369 g/mol. The number of fused-ring (bicyclic) bond motifs is 1. The van der Waals surface area contributed by atoms with Gasteiger partial charge < -0.3 is 14.4 Å². The second-order valence-corrected chi connectivity index (χ2v) is 7.16. The molecule has 1 saturated heterocycles. The molecule has 1 heterocycles. The predicted molar refractivity (Wildman–Crippen MR) is 113 cm³/mol.